The van der Waals surface area contributed by atoms with Crippen molar-refractivity contribution >= 4 is 45.4 Å². The van der Waals surface area contributed by atoms with Crippen LogP contribution in [0.15, 0.2) is 62.8 Å². The van der Waals surface area contributed by atoms with Crippen molar-refractivity contribution in [2.45, 2.75) is 61.7 Å². The molecule has 29 heavy (non-hydrogen) atoms. The van der Waals surface area contributed by atoms with Gasteiger partial charge in [0.25, 0.3) is 0 Å². The lowest BCUT2D eigenvalue weighted by Crippen LogP contribution is -1.99. The minimum Gasteiger partial charge on any atom is -0.466 e. The summed E-state index contributed by atoms with van der Waals surface area (Å²) in [5.74, 6) is -0.184. The molecule has 0 saturated heterocycles. The van der Waals surface area contributed by atoms with Crippen LogP contribution in [0.1, 0.15) is 57.4 Å². The number of nitrogen functional groups attached to an aromatic ring is 1. The number of nitrogens with two attached hydrogens (primary N) is 1. The first-order valence-electron chi connectivity index (χ1n) is 10.2. The number of ether oxygens (including phenoxy) is 1. The number of benzene rings is 2. The normalized spacial score (nSPS) is 11.1. The van der Waals surface area contributed by atoms with Crippen LogP contribution in [0.5, 0.6) is 0 Å². The Kier molecular flexibility index (Phi) is 11.0. The molecule has 0 amide bonds. The number of halogens is 1. The van der Waals surface area contributed by atoms with E-state index in [1.165, 1.54) is 32.6 Å². The maximum absolute atomic E-state index is 10.7. The number of hydrogen-bond donors (Lipinski definition) is 1. The van der Waals surface area contributed by atoms with Gasteiger partial charge in [0.1, 0.15) is 0 Å². The summed E-state index contributed by atoms with van der Waals surface area (Å²) in [6.07, 6.45) is 12.5. The van der Waals surface area contributed by atoms with Gasteiger partial charge in [-0.3, -0.25) is 4.79 Å². The predicted molar refractivity (Wildman–Crippen MR) is 127 cm³/mol. The molecule has 0 aliphatic heterocycles. The van der Waals surface area contributed by atoms with Crippen molar-refractivity contribution in [3.8, 4) is 0 Å². The molecule has 0 aliphatic carbocycles. The molecule has 0 spiro atoms. The van der Waals surface area contributed by atoms with Crippen LogP contribution in [0.25, 0.3) is 6.08 Å². The quantitative estimate of drug-likeness (QED) is 0.196. The zero-order valence-electron chi connectivity index (χ0n) is 17.0. The van der Waals surface area contributed by atoms with Crippen molar-refractivity contribution in [3.63, 3.8) is 0 Å². The molecule has 3 nitrogen and oxygen atoms in total. The second-order valence-corrected chi connectivity index (χ2v) is 8.92. The van der Waals surface area contributed by atoms with Crippen molar-refractivity contribution in [2.75, 3.05) is 12.3 Å². The highest BCUT2D eigenvalue weighted by molar-refractivity contribution is 9.10. The second-order valence-electron chi connectivity index (χ2n) is 6.98. The Hall–Kier alpha value is -1.72. The number of allylic oxidation sites excluding steroid dienone is 1. The smallest absolute Gasteiger partial charge is 0.302 e. The van der Waals surface area contributed by atoms with E-state index < -0.39 is 0 Å². The topological polar surface area (TPSA) is 52.3 Å². The molecule has 0 unspecified atom stereocenters. The van der Waals surface area contributed by atoms with Gasteiger partial charge in [0.15, 0.2) is 0 Å². The van der Waals surface area contributed by atoms with E-state index in [0.29, 0.717) is 6.61 Å². The minimum absolute atomic E-state index is 0.184. The molecule has 0 atom stereocenters. The third kappa shape index (κ3) is 9.55. The molecule has 0 radical (unpaired) electrons. The summed E-state index contributed by atoms with van der Waals surface area (Å²) in [7, 11) is 0. The minimum atomic E-state index is -0.184. The fourth-order valence-corrected chi connectivity index (χ4v) is 4.31. The molecule has 2 aromatic rings. The van der Waals surface area contributed by atoms with E-state index in [2.05, 4.69) is 46.3 Å². The van der Waals surface area contributed by atoms with E-state index in [4.69, 9.17) is 10.5 Å². The Labute approximate surface area is 187 Å². The summed E-state index contributed by atoms with van der Waals surface area (Å²) in [5, 5.41) is 0. The van der Waals surface area contributed by atoms with E-state index in [1.54, 1.807) is 11.8 Å². The summed E-state index contributed by atoms with van der Waals surface area (Å²) >= 11 is 5.26. The molecule has 2 rings (SSSR count). The average molecular weight is 476 g/mol. The Morgan fingerprint density at radius 2 is 1.76 bits per heavy atom. The summed E-state index contributed by atoms with van der Waals surface area (Å²) in [4.78, 5) is 12.9. The van der Waals surface area contributed by atoms with Gasteiger partial charge < -0.3 is 10.5 Å². The fraction of sp³-hybridized carbons (Fsp3) is 0.375. The van der Waals surface area contributed by atoms with Gasteiger partial charge in [0, 0.05) is 26.9 Å². The van der Waals surface area contributed by atoms with E-state index >= 15 is 0 Å². The number of anilines is 1. The second kappa shape index (κ2) is 13.5. The highest BCUT2D eigenvalue weighted by Gasteiger charge is 2.05. The predicted octanol–water partition coefficient (Wildman–Crippen LogP) is 7.49. The molecule has 2 N–H and O–H groups in total. The van der Waals surface area contributed by atoms with Crippen LogP contribution in [-0.2, 0) is 9.53 Å². The van der Waals surface area contributed by atoms with E-state index in [9.17, 15) is 4.79 Å². The Morgan fingerprint density at radius 1 is 1.03 bits per heavy atom. The Bertz CT molecular complexity index is 807. The first kappa shape index (κ1) is 23.6. The number of carbonyl (C=O) groups excluding carboxylic acids is 1. The molecule has 0 saturated carbocycles. The Balaban J connectivity index is 1.65. The molecule has 2 aromatic carbocycles. The standard InChI is InChI=1S/C24H30BrNO2S/c1-19(27)28-17-11-7-5-3-2-4-6-8-12-20-15-16-24(22(26)18-20)29-23-14-10-9-13-21(23)25/h8-10,12-16,18H,2-7,11,17,26H2,1H3/b12-8+. The van der Waals surface area contributed by atoms with Crippen LogP contribution in [0.2, 0.25) is 0 Å². The van der Waals surface area contributed by atoms with E-state index in [-0.39, 0.29) is 5.97 Å². The first-order valence-corrected chi connectivity index (χ1v) is 11.8. The number of unbranched alkanes of at least 4 members (excludes halogenated alkanes) is 6. The van der Waals surface area contributed by atoms with Crippen LogP contribution >= 0.6 is 27.7 Å². The molecule has 156 valence electrons. The zero-order valence-corrected chi connectivity index (χ0v) is 19.4. The SMILES string of the molecule is CC(=O)OCCCCCCCC/C=C/c1ccc(Sc2ccccc2Br)c(N)c1. The van der Waals surface area contributed by atoms with Crippen molar-refractivity contribution in [1.29, 1.82) is 0 Å². The molecule has 0 bridgehead atoms. The van der Waals surface area contributed by atoms with Gasteiger partial charge in [-0.2, -0.15) is 0 Å². The van der Waals surface area contributed by atoms with Gasteiger partial charge in [0.05, 0.1) is 6.61 Å². The molecular formula is C24H30BrNO2S. The van der Waals surface area contributed by atoms with Crippen LogP contribution in [-0.4, -0.2) is 12.6 Å². The molecular weight excluding hydrogens is 446 g/mol. The monoisotopic (exact) mass is 475 g/mol. The lowest BCUT2D eigenvalue weighted by atomic mass is 10.1. The maximum Gasteiger partial charge on any atom is 0.302 e. The molecule has 0 aliphatic rings. The average Bonchev–Trinajstić information content (AvgIpc) is 2.69. The number of carbonyl (C=O) groups is 1. The highest BCUT2D eigenvalue weighted by atomic mass is 79.9. The van der Waals surface area contributed by atoms with Gasteiger partial charge in [-0.1, -0.05) is 67.8 Å². The lowest BCUT2D eigenvalue weighted by Gasteiger charge is -2.08. The van der Waals surface area contributed by atoms with Gasteiger partial charge in [0.2, 0.25) is 0 Å². The van der Waals surface area contributed by atoms with Gasteiger partial charge in [-0.25, -0.2) is 0 Å². The summed E-state index contributed by atoms with van der Waals surface area (Å²) < 4.78 is 6.02. The summed E-state index contributed by atoms with van der Waals surface area (Å²) in [6.45, 7) is 2.01. The van der Waals surface area contributed by atoms with Crippen molar-refractivity contribution in [3.05, 3.63) is 58.6 Å². The van der Waals surface area contributed by atoms with Gasteiger partial charge in [-0.05, 0) is 65.0 Å². The first-order chi connectivity index (χ1) is 14.1. The third-order valence-electron chi connectivity index (χ3n) is 4.47. The number of rotatable bonds is 12. The van der Waals surface area contributed by atoms with Gasteiger partial charge in [-0.15, -0.1) is 0 Å². The van der Waals surface area contributed by atoms with Crippen molar-refractivity contribution < 1.29 is 9.53 Å². The molecule has 0 heterocycles. The number of esters is 1. The van der Waals surface area contributed by atoms with E-state index in [1.807, 2.05) is 24.3 Å². The Morgan fingerprint density at radius 3 is 2.48 bits per heavy atom. The number of hydrogen-bond acceptors (Lipinski definition) is 4. The molecule has 0 fully saturated rings. The van der Waals surface area contributed by atoms with Crippen LogP contribution in [0.4, 0.5) is 5.69 Å². The molecule has 0 aromatic heterocycles. The van der Waals surface area contributed by atoms with E-state index in [0.717, 1.165) is 44.8 Å². The lowest BCUT2D eigenvalue weighted by molar-refractivity contribution is -0.141. The van der Waals surface area contributed by atoms with Crippen molar-refractivity contribution in [1.82, 2.24) is 0 Å². The highest BCUT2D eigenvalue weighted by Crippen LogP contribution is 2.36. The van der Waals surface area contributed by atoms with Gasteiger partial charge >= 0.3 is 5.97 Å². The van der Waals surface area contributed by atoms with Crippen molar-refractivity contribution in [2.24, 2.45) is 0 Å². The third-order valence-corrected chi connectivity index (χ3v) is 6.59. The fourth-order valence-electron chi connectivity index (χ4n) is 2.92. The molecule has 5 heteroatoms. The largest absolute Gasteiger partial charge is 0.466 e. The van der Waals surface area contributed by atoms with Crippen LogP contribution < -0.4 is 5.73 Å². The zero-order chi connectivity index (χ0) is 20.9. The van der Waals surface area contributed by atoms with Crippen LogP contribution in [0.3, 0.4) is 0 Å². The summed E-state index contributed by atoms with van der Waals surface area (Å²) in [6, 6.07) is 14.4. The summed E-state index contributed by atoms with van der Waals surface area (Å²) in [5.41, 5.74) is 8.21. The maximum atomic E-state index is 10.7. The van der Waals surface area contributed by atoms with Crippen LogP contribution in [0, 0.1) is 0 Å².